The molecule has 1 aliphatic rings. The summed E-state index contributed by atoms with van der Waals surface area (Å²) in [5, 5.41) is -0.0454. The van der Waals surface area contributed by atoms with Crippen LogP contribution in [-0.2, 0) is 4.79 Å². The Morgan fingerprint density at radius 1 is 1.17 bits per heavy atom. The van der Waals surface area contributed by atoms with Crippen LogP contribution in [-0.4, -0.2) is 44.4 Å². The van der Waals surface area contributed by atoms with Crippen molar-refractivity contribution in [3.05, 3.63) is 17.7 Å². The Hall–Kier alpha value is -1.56. The molecule has 0 N–H and O–H groups in total. The number of thioether (sulfide) groups is 1. The molecule has 0 aromatic heterocycles. The highest BCUT2D eigenvalue weighted by molar-refractivity contribution is 7.99. The minimum Gasteiger partial charge on any atom is -0.496 e. The molecule has 0 spiro atoms. The fourth-order valence-corrected chi connectivity index (χ4v) is 3.99. The SMILES string of the molecule is COc1cc(OC)c(C2SCCN2C(=O)CC(C)C)cc1OC. The van der Waals surface area contributed by atoms with Crippen molar-refractivity contribution in [3.63, 3.8) is 0 Å². The summed E-state index contributed by atoms with van der Waals surface area (Å²) in [6, 6.07) is 3.73. The molecule has 1 aromatic carbocycles. The number of carbonyl (C=O) groups is 1. The van der Waals surface area contributed by atoms with Crippen LogP contribution in [0.1, 0.15) is 31.2 Å². The average molecular weight is 339 g/mol. The lowest BCUT2D eigenvalue weighted by Gasteiger charge is -2.27. The van der Waals surface area contributed by atoms with Crippen LogP contribution in [0, 0.1) is 5.92 Å². The number of benzene rings is 1. The summed E-state index contributed by atoms with van der Waals surface area (Å²) in [5.74, 6) is 3.44. The molecule has 1 amide bonds. The number of carbonyl (C=O) groups excluding carboxylic acids is 1. The van der Waals surface area contributed by atoms with E-state index in [-0.39, 0.29) is 11.3 Å². The minimum absolute atomic E-state index is 0.0454. The van der Waals surface area contributed by atoms with Crippen molar-refractivity contribution in [1.29, 1.82) is 0 Å². The predicted molar refractivity (Wildman–Crippen MR) is 92.5 cm³/mol. The molecule has 0 bridgehead atoms. The molecule has 2 rings (SSSR count). The highest BCUT2D eigenvalue weighted by atomic mass is 32.2. The smallest absolute Gasteiger partial charge is 0.224 e. The quantitative estimate of drug-likeness (QED) is 0.795. The summed E-state index contributed by atoms with van der Waals surface area (Å²) in [5.41, 5.74) is 0.949. The first-order valence-corrected chi connectivity index (χ1v) is 8.77. The summed E-state index contributed by atoms with van der Waals surface area (Å²) in [7, 11) is 4.84. The van der Waals surface area contributed by atoms with Gasteiger partial charge in [-0.2, -0.15) is 0 Å². The number of methoxy groups -OCH3 is 3. The van der Waals surface area contributed by atoms with Crippen LogP contribution in [0.4, 0.5) is 0 Å². The fourth-order valence-electron chi connectivity index (χ4n) is 2.70. The summed E-state index contributed by atoms with van der Waals surface area (Å²) in [4.78, 5) is 14.5. The molecule has 6 heteroatoms. The van der Waals surface area contributed by atoms with Crippen molar-refractivity contribution in [2.75, 3.05) is 33.6 Å². The number of nitrogens with zero attached hydrogens (tertiary/aromatic N) is 1. The number of amides is 1. The van der Waals surface area contributed by atoms with Crippen molar-refractivity contribution in [2.24, 2.45) is 5.92 Å². The van der Waals surface area contributed by atoms with Crippen LogP contribution >= 0.6 is 11.8 Å². The number of rotatable bonds is 6. The van der Waals surface area contributed by atoms with Gasteiger partial charge in [0.1, 0.15) is 11.1 Å². The second-order valence-electron chi connectivity index (χ2n) is 5.86. The molecule has 128 valence electrons. The number of hydrogen-bond acceptors (Lipinski definition) is 5. The molecule has 5 nitrogen and oxygen atoms in total. The van der Waals surface area contributed by atoms with Crippen LogP contribution in [0.15, 0.2) is 12.1 Å². The first kappa shape index (κ1) is 17.8. The van der Waals surface area contributed by atoms with Crippen molar-refractivity contribution in [3.8, 4) is 17.2 Å². The number of ether oxygens (including phenoxy) is 3. The van der Waals surface area contributed by atoms with E-state index in [1.807, 2.05) is 17.0 Å². The van der Waals surface area contributed by atoms with Gasteiger partial charge >= 0.3 is 0 Å². The highest BCUT2D eigenvalue weighted by Gasteiger charge is 2.33. The summed E-state index contributed by atoms with van der Waals surface area (Å²) >= 11 is 1.75. The molecule has 0 radical (unpaired) electrons. The van der Waals surface area contributed by atoms with E-state index in [9.17, 15) is 4.79 Å². The van der Waals surface area contributed by atoms with E-state index >= 15 is 0 Å². The molecule has 0 saturated carbocycles. The molecular formula is C17H25NO4S. The second kappa shape index (κ2) is 7.81. The Balaban J connectivity index is 2.37. The van der Waals surface area contributed by atoms with Gasteiger partial charge < -0.3 is 19.1 Å². The van der Waals surface area contributed by atoms with Crippen LogP contribution in [0.3, 0.4) is 0 Å². The van der Waals surface area contributed by atoms with Gasteiger partial charge in [-0.1, -0.05) is 13.8 Å². The molecule has 0 aliphatic carbocycles. The maximum absolute atomic E-state index is 12.5. The van der Waals surface area contributed by atoms with E-state index in [0.717, 1.165) is 17.9 Å². The normalized spacial score (nSPS) is 17.5. The van der Waals surface area contributed by atoms with Crippen LogP contribution in [0.25, 0.3) is 0 Å². The topological polar surface area (TPSA) is 48.0 Å². The molecule has 1 fully saturated rings. The maximum Gasteiger partial charge on any atom is 0.224 e. The lowest BCUT2D eigenvalue weighted by atomic mass is 10.1. The summed E-state index contributed by atoms with van der Waals surface area (Å²) in [6.07, 6.45) is 0.562. The van der Waals surface area contributed by atoms with Gasteiger partial charge in [0, 0.05) is 30.3 Å². The first-order chi connectivity index (χ1) is 11.0. The van der Waals surface area contributed by atoms with Gasteiger partial charge in [-0.15, -0.1) is 11.8 Å². The standard InChI is InChI=1S/C17H25NO4S/c1-11(2)8-16(19)18-6-7-23-17(18)12-9-14(21-4)15(22-5)10-13(12)20-3/h9-11,17H,6-8H2,1-5H3. The Labute approximate surface area is 142 Å². The van der Waals surface area contributed by atoms with Crippen molar-refractivity contribution in [1.82, 2.24) is 4.90 Å². The van der Waals surface area contributed by atoms with Gasteiger partial charge in [-0.3, -0.25) is 4.79 Å². The van der Waals surface area contributed by atoms with E-state index in [2.05, 4.69) is 13.8 Å². The minimum atomic E-state index is -0.0454. The third-order valence-corrected chi connectivity index (χ3v) is 5.04. The van der Waals surface area contributed by atoms with E-state index < -0.39 is 0 Å². The molecule has 1 unspecified atom stereocenters. The van der Waals surface area contributed by atoms with E-state index in [4.69, 9.17) is 14.2 Å². The number of hydrogen-bond donors (Lipinski definition) is 0. The fraction of sp³-hybridized carbons (Fsp3) is 0.588. The molecule has 1 heterocycles. The molecule has 1 aliphatic heterocycles. The molecule has 1 aromatic rings. The van der Waals surface area contributed by atoms with Gasteiger partial charge in [0.25, 0.3) is 0 Å². The Morgan fingerprint density at radius 2 is 1.78 bits per heavy atom. The van der Waals surface area contributed by atoms with Crippen LogP contribution in [0.5, 0.6) is 17.2 Å². The van der Waals surface area contributed by atoms with Crippen LogP contribution in [0.2, 0.25) is 0 Å². The molecule has 1 saturated heterocycles. The molecule has 23 heavy (non-hydrogen) atoms. The van der Waals surface area contributed by atoms with Crippen molar-refractivity contribution < 1.29 is 19.0 Å². The monoisotopic (exact) mass is 339 g/mol. The molecule has 1 atom stereocenters. The van der Waals surface area contributed by atoms with Gasteiger partial charge in [-0.25, -0.2) is 0 Å². The van der Waals surface area contributed by atoms with Crippen molar-refractivity contribution >= 4 is 17.7 Å². The zero-order chi connectivity index (χ0) is 17.0. The lowest BCUT2D eigenvalue weighted by molar-refractivity contribution is -0.132. The third kappa shape index (κ3) is 3.86. The largest absolute Gasteiger partial charge is 0.496 e. The Kier molecular flexibility index (Phi) is 6.04. The zero-order valence-electron chi connectivity index (χ0n) is 14.4. The second-order valence-corrected chi connectivity index (χ2v) is 7.05. The van der Waals surface area contributed by atoms with E-state index in [1.165, 1.54) is 0 Å². The Bertz CT molecular complexity index is 562. The van der Waals surface area contributed by atoms with Gasteiger partial charge in [0.15, 0.2) is 11.5 Å². The third-order valence-electron chi connectivity index (χ3n) is 3.80. The first-order valence-electron chi connectivity index (χ1n) is 7.72. The van der Waals surface area contributed by atoms with Crippen molar-refractivity contribution in [2.45, 2.75) is 25.6 Å². The van der Waals surface area contributed by atoms with Crippen LogP contribution < -0.4 is 14.2 Å². The Morgan fingerprint density at radius 3 is 2.35 bits per heavy atom. The van der Waals surface area contributed by atoms with E-state index in [1.54, 1.807) is 33.1 Å². The summed E-state index contributed by atoms with van der Waals surface area (Å²) < 4.78 is 16.3. The van der Waals surface area contributed by atoms with Gasteiger partial charge in [0.2, 0.25) is 5.91 Å². The molecular weight excluding hydrogens is 314 g/mol. The summed E-state index contributed by atoms with van der Waals surface area (Å²) in [6.45, 7) is 4.89. The lowest BCUT2D eigenvalue weighted by Crippen LogP contribution is -2.31. The average Bonchev–Trinajstić information content (AvgIpc) is 3.02. The van der Waals surface area contributed by atoms with Gasteiger partial charge in [0.05, 0.1) is 21.3 Å². The maximum atomic E-state index is 12.5. The zero-order valence-corrected chi connectivity index (χ0v) is 15.2. The highest BCUT2D eigenvalue weighted by Crippen LogP contribution is 2.46. The predicted octanol–water partition coefficient (Wildman–Crippen LogP) is 3.33. The van der Waals surface area contributed by atoms with E-state index in [0.29, 0.717) is 29.6 Å². The van der Waals surface area contributed by atoms with Gasteiger partial charge in [-0.05, 0) is 12.0 Å².